The molecule has 5 rings (SSSR count). The Balaban J connectivity index is 1.31. The third-order valence-electron chi connectivity index (χ3n) is 6.04. The van der Waals surface area contributed by atoms with Gasteiger partial charge in [-0.3, -0.25) is 9.69 Å². The van der Waals surface area contributed by atoms with E-state index >= 15 is 0 Å². The second-order valence-electron chi connectivity index (χ2n) is 8.39. The standard InChI is InChI=1S/C20H18F5N7O/c21-14(22)8-32-18-13(6-28-32)26-7-16(29-18)30-9-19(10-30)4-3-17(33)31(11-19)15-2-1-12(5-27-15)20(23,24)25/h1-2,5-7,14H,3-4,8-11H2. The fraction of sp³-hybridized carbons (Fsp3) is 0.450. The highest BCUT2D eigenvalue weighted by Gasteiger charge is 2.48. The van der Waals surface area contributed by atoms with E-state index in [0.29, 0.717) is 37.4 Å². The predicted molar refractivity (Wildman–Crippen MR) is 107 cm³/mol. The number of alkyl halides is 5. The molecular formula is C20H18F5N7O. The van der Waals surface area contributed by atoms with Gasteiger partial charge in [-0.1, -0.05) is 0 Å². The molecule has 8 nitrogen and oxygen atoms in total. The van der Waals surface area contributed by atoms with E-state index in [-0.39, 0.29) is 29.2 Å². The van der Waals surface area contributed by atoms with Gasteiger partial charge in [0.25, 0.3) is 6.43 Å². The number of aromatic nitrogens is 5. The van der Waals surface area contributed by atoms with Crippen molar-refractivity contribution in [2.45, 2.75) is 32.0 Å². The zero-order chi connectivity index (χ0) is 23.4. The highest BCUT2D eigenvalue weighted by molar-refractivity contribution is 5.93. The number of fused-ring (bicyclic) bond motifs is 1. The van der Waals surface area contributed by atoms with Gasteiger partial charge < -0.3 is 4.90 Å². The highest BCUT2D eigenvalue weighted by Crippen LogP contribution is 2.42. The van der Waals surface area contributed by atoms with E-state index < -0.39 is 24.7 Å². The van der Waals surface area contributed by atoms with Crippen LogP contribution >= 0.6 is 0 Å². The van der Waals surface area contributed by atoms with E-state index in [2.05, 4.69) is 20.1 Å². The minimum atomic E-state index is -4.50. The van der Waals surface area contributed by atoms with Crippen molar-refractivity contribution in [1.29, 1.82) is 0 Å². The molecule has 2 aliphatic rings. The molecule has 0 radical (unpaired) electrons. The summed E-state index contributed by atoms with van der Waals surface area (Å²) in [6.07, 6.45) is -2.54. The Hall–Kier alpha value is -3.38. The molecule has 33 heavy (non-hydrogen) atoms. The summed E-state index contributed by atoms with van der Waals surface area (Å²) in [5.41, 5.74) is -0.459. The summed E-state index contributed by atoms with van der Waals surface area (Å²) in [6.45, 7) is 0.823. The van der Waals surface area contributed by atoms with Crippen LogP contribution in [0, 0.1) is 5.41 Å². The number of piperidine rings is 1. The van der Waals surface area contributed by atoms with Gasteiger partial charge in [-0.25, -0.2) is 28.4 Å². The molecule has 174 valence electrons. The van der Waals surface area contributed by atoms with Crippen LogP contribution in [0.5, 0.6) is 0 Å². The lowest BCUT2D eigenvalue weighted by Crippen LogP contribution is -2.64. The van der Waals surface area contributed by atoms with Gasteiger partial charge in [0.15, 0.2) is 5.65 Å². The first-order valence-corrected chi connectivity index (χ1v) is 10.2. The number of pyridine rings is 1. The fourth-order valence-electron chi connectivity index (χ4n) is 4.37. The second-order valence-corrected chi connectivity index (χ2v) is 8.39. The first kappa shape index (κ1) is 21.5. The molecule has 0 bridgehead atoms. The average Bonchev–Trinajstić information content (AvgIpc) is 3.13. The molecule has 5 heterocycles. The predicted octanol–water partition coefficient (Wildman–Crippen LogP) is 3.14. The number of carbonyl (C=O) groups is 1. The van der Waals surface area contributed by atoms with E-state index in [0.717, 1.165) is 16.9 Å². The topological polar surface area (TPSA) is 80.0 Å². The van der Waals surface area contributed by atoms with Gasteiger partial charge in [0, 0.05) is 37.7 Å². The number of rotatable bonds is 4. The van der Waals surface area contributed by atoms with Crippen LogP contribution in [0.2, 0.25) is 0 Å². The summed E-state index contributed by atoms with van der Waals surface area (Å²) < 4.78 is 65.1. The molecule has 3 aromatic rings. The van der Waals surface area contributed by atoms with Gasteiger partial charge in [0.1, 0.15) is 23.7 Å². The van der Waals surface area contributed by atoms with Crippen molar-refractivity contribution in [1.82, 2.24) is 24.7 Å². The molecule has 1 spiro atoms. The van der Waals surface area contributed by atoms with Crippen LogP contribution in [0.3, 0.4) is 0 Å². The minimum Gasteiger partial charge on any atom is -0.354 e. The van der Waals surface area contributed by atoms with E-state index in [9.17, 15) is 26.7 Å². The van der Waals surface area contributed by atoms with Gasteiger partial charge in [-0.15, -0.1) is 0 Å². The molecule has 0 aliphatic carbocycles. The zero-order valence-electron chi connectivity index (χ0n) is 17.1. The molecule has 0 unspecified atom stereocenters. The normalized spacial score (nSPS) is 18.4. The number of carbonyl (C=O) groups excluding carboxylic acids is 1. The molecular weight excluding hydrogens is 449 g/mol. The smallest absolute Gasteiger partial charge is 0.354 e. The summed E-state index contributed by atoms with van der Waals surface area (Å²) in [6, 6.07) is 2.12. The van der Waals surface area contributed by atoms with Crippen LogP contribution in [0.15, 0.2) is 30.7 Å². The fourth-order valence-corrected chi connectivity index (χ4v) is 4.37. The van der Waals surface area contributed by atoms with Crippen LogP contribution < -0.4 is 9.80 Å². The molecule has 0 aromatic carbocycles. The maximum atomic E-state index is 12.8. The van der Waals surface area contributed by atoms with Crippen LogP contribution in [0.1, 0.15) is 18.4 Å². The maximum absolute atomic E-state index is 12.8. The molecule has 1 amide bonds. The summed E-state index contributed by atoms with van der Waals surface area (Å²) in [7, 11) is 0. The molecule has 2 aliphatic heterocycles. The van der Waals surface area contributed by atoms with E-state index in [1.807, 2.05) is 4.90 Å². The number of anilines is 2. The Morgan fingerprint density at radius 1 is 1.03 bits per heavy atom. The Labute approximate surface area is 184 Å². The molecule has 0 N–H and O–H groups in total. The summed E-state index contributed by atoms with van der Waals surface area (Å²) in [5.74, 6) is 0.506. The first-order valence-electron chi connectivity index (χ1n) is 10.2. The zero-order valence-corrected chi connectivity index (χ0v) is 17.1. The van der Waals surface area contributed by atoms with Gasteiger partial charge >= 0.3 is 6.18 Å². The SMILES string of the molecule is O=C1CCC2(CN(c3cnc4cnn(CC(F)F)c4n3)C2)CN1c1ccc(C(F)(F)F)cn1. The van der Waals surface area contributed by atoms with E-state index in [4.69, 9.17) is 0 Å². The minimum absolute atomic E-state index is 0.183. The summed E-state index contributed by atoms with van der Waals surface area (Å²) in [5, 5.41) is 3.91. The summed E-state index contributed by atoms with van der Waals surface area (Å²) >= 11 is 0. The van der Waals surface area contributed by atoms with Crippen molar-refractivity contribution in [3.8, 4) is 0 Å². The molecule has 0 atom stereocenters. The van der Waals surface area contributed by atoms with Crippen LogP contribution in [0.25, 0.3) is 11.2 Å². The Morgan fingerprint density at radius 3 is 2.48 bits per heavy atom. The maximum Gasteiger partial charge on any atom is 0.417 e. The largest absolute Gasteiger partial charge is 0.417 e. The summed E-state index contributed by atoms with van der Waals surface area (Å²) in [4.78, 5) is 28.4. The van der Waals surface area contributed by atoms with E-state index in [1.54, 1.807) is 6.20 Å². The van der Waals surface area contributed by atoms with Crippen molar-refractivity contribution in [3.05, 3.63) is 36.3 Å². The Morgan fingerprint density at radius 2 is 1.82 bits per heavy atom. The van der Waals surface area contributed by atoms with Gasteiger partial charge in [-0.05, 0) is 18.6 Å². The lowest BCUT2D eigenvalue weighted by atomic mass is 9.73. The first-order chi connectivity index (χ1) is 15.6. The number of nitrogens with zero attached hydrogens (tertiary/aromatic N) is 7. The Bertz CT molecular complexity index is 1190. The van der Waals surface area contributed by atoms with Crippen molar-refractivity contribution in [2.24, 2.45) is 5.41 Å². The third-order valence-corrected chi connectivity index (χ3v) is 6.04. The van der Waals surface area contributed by atoms with Gasteiger partial charge in [-0.2, -0.15) is 18.3 Å². The number of hydrogen-bond donors (Lipinski definition) is 0. The van der Waals surface area contributed by atoms with Crippen molar-refractivity contribution in [3.63, 3.8) is 0 Å². The monoisotopic (exact) mass is 467 g/mol. The van der Waals surface area contributed by atoms with Crippen molar-refractivity contribution >= 4 is 28.7 Å². The van der Waals surface area contributed by atoms with Crippen LogP contribution in [-0.4, -0.2) is 56.7 Å². The van der Waals surface area contributed by atoms with Gasteiger partial charge in [0.05, 0.1) is 18.0 Å². The molecule has 0 saturated carbocycles. The molecule has 2 saturated heterocycles. The molecule has 13 heteroatoms. The van der Waals surface area contributed by atoms with Crippen molar-refractivity contribution < 1.29 is 26.7 Å². The van der Waals surface area contributed by atoms with Crippen LogP contribution in [-0.2, 0) is 17.5 Å². The van der Waals surface area contributed by atoms with E-state index in [1.165, 1.54) is 17.2 Å². The van der Waals surface area contributed by atoms with Crippen molar-refractivity contribution in [2.75, 3.05) is 29.4 Å². The average molecular weight is 467 g/mol. The Kier molecular flexibility index (Phi) is 4.94. The number of hydrogen-bond acceptors (Lipinski definition) is 6. The lowest BCUT2D eigenvalue weighted by Gasteiger charge is -2.54. The molecule has 2 fully saturated rings. The molecule has 3 aromatic heterocycles. The van der Waals surface area contributed by atoms with Gasteiger partial charge in [0.2, 0.25) is 5.91 Å². The van der Waals surface area contributed by atoms with Crippen LogP contribution in [0.4, 0.5) is 33.6 Å². The lowest BCUT2D eigenvalue weighted by molar-refractivity contribution is -0.137. The number of halogens is 5. The highest BCUT2D eigenvalue weighted by atomic mass is 19.4. The quantitative estimate of drug-likeness (QED) is 0.549. The third kappa shape index (κ3) is 3.95. The number of amides is 1. The second kappa shape index (κ2) is 7.59.